The number of ketones is 1. The number of benzene rings is 1. The third-order valence-corrected chi connectivity index (χ3v) is 3.18. The molecule has 0 radical (unpaired) electrons. The van der Waals surface area contributed by atoms with Crippen molar-refractivity contribution in [3.63, 3.8) is 0 Å². The lowest BCUT2D eigenvalue weighted by atomic mass is 10.1. The van der Waals surface area contributed by atoms with Gasteiger partial charge >= 0.3 is 0 Å². The molecule has 0 unspecified atom stereocenters. The molecule has 1 amide bonds. The summed E-state index contributed by atoms with van der Waals surface area (Å²) in [6.07, 6.45) is 0. The van der Waals surface area contributed by atoms with Crippen molar-refractivity contribution in [3.05, 3.63) is 45.9 Å². The van der Waals surface area contributed by atoms with Crippen LogP contribution in [-0.2, 0) is 0 Å². The van der Waals surface area contributed by atoms with Crippen LogP contribution in [0.3, 0.4) is 0 Å². The predicted octanol–water partition coefficient (Wildman–Crippen LogP) is 2.91. The molecule has 0 saturated carbocycles. The molecule has 92 valence electrons. The summed E-state index contributed by atoms with van der Waals surface area (Å²) in [6.45, 7) is 3.31. The number of anilines is 1. The smallest absolute Gasteiger partial charge is 0.275 e. The Kier molecular flexibility index (Phi) is 3.53. The lowest BCUT2D eigenvalue weighted by molar-refractivity contribution is 0.101. The van der Waals surface area contributed by atoms with Crippen LogP contribution in [0.2, 0.25) is 0 Å². The first-order chi connectivity index (χ1) is 8.58. The van der Waals surface area contributed by atoms with Gasteiger partial charge in [-0.05, 0) is 26.0 Å². The lowest BCUT2D eigenvalue weighted by Crippen LogP contribution is -2.14. The number of hydrogen-bond acceptors (Lipinski definition) is 4. The number of carbonyl (C=O) groups is 2. The van der Waals surface area contributed by atoms with Gasteiger partial charge < -0.3 is 5.32 Å². The van der Waals surface area contributed by atoms with Gasteiger partial charge in [0.2, 0.25) is 0 Å². The summed E-state index contributed by atoms with van der Waals surface area (Å²) in [4.78, 5) is 27.5. The Balaban J connectivity index is 2.24. The number of nitrogens with one attached hydrogen (secondary N) is 1. The van der Waals surface area contributed by atoms with Crippen molar-refractivity contribution in [1.29, 1.82) is 0 Å². The SMILES string of the molecule is CC(=O)c1ccccc1NC(=O)c1csc(C)n1. The van der Waals surface area contributed by atoms with Crippen LogP contribution >= 0.6 is 11.3 Å². The molecule has 0 fully saturated rings. The second-order valence-corrected chi connectivity index (χ2v) is 4.87. The number of carbonyl (C=O) groups excluding carboxylic acids is 2. The van der Waals surface area contributed by atoms with E-state index in [2.05, 4.69) is 10.3 Å². The van der Waals surface area contributed by atoms with Crippen LogP contribution in [0.15, 0.2) is 29.6 Å². The molecule has 0 atom stereocenters. The monoisotopic (exact) mass is 260 g/mol. The van der Waals surface area contributed by atoms with Crippen LogP contribution in [0.4, 0.5) is 5.69 Å². The van der Waals surface area contributed by atoms with Crippen molar-refractivity contribution in [2.45, 2.75) is 13.8 Å². The largest absolute Gasteiger partial charge is 0.320 e. The molecular weight excluding hydrogens is 248 g/mol. The maximum Gasteiger partial charge on any atom is 0.275 e. The van der Waals surface area contributed by atoms with Crippen LogP contribution in [0.1, 0.15) is 32.8 Å². The molecule has 1 heterocycles. The zero-order chi connectivity index (χ0) is 13.1. The Bertz CT molecular complexity index is 605. The molecule has 1 aromatic carbocycles. The van der Waals surface area contributed by atoms with Gasteiger partial charge in [0.05, 0.1) is 10.7 Å². The van der Waals surface area contributed by atoms with Crippen LogP contribution < -0.4 is 5.32 Å². The van der Waals surface area contributed by atoms with Gasteiger partial charge in [0.25, 0.3) is 5.91 Å². The van der Waals surface area contributed by atoms with Gasteiger partial charge in [0.15, 0.2) is 5.78 Å². The highest BCUT2D eigenvalue weighted by molar-refractivity contribution is 7.09. The number of thiazole rings is 1. The molecule has 2 aromatic rings. The minimum Gasteiger partial charge on any atom is -0.320 e. The third kappa shape index (κ3) is 2.62. The molecule has 0 saturated heterocycles. The van der Waals surface area contributed by atoms with E-state index in [0.29, 0.717) is 16.9 Å². The third-order valence-electron chi connectivity index (χ3n) is 2.41. The van der Waals surface area contributed by atoms with E-state index in [1.165, 1.54) is 18.3 Å². The summed E-state index contributed by atoms with van der Waals surface area (Å²) >= 11 is 1.41. The van der Waals surface area contributed by atoms with E-state index in [0.717, 1.165) is 5.01 Å². The lowest BCUT2D eigenvalue weighted by Gasteiger charge is -2.07. The fourth-order valence-electron chi connectivity index (χ4n) is 1.55. The molecule has 1 aromatic heterocycles. The quantitative estimate of drug-likeness (QED) is 0.863. The molecule has 0 spiro atoms. The number of hydrogen-bond donors (Lipinski definition) is 1. The van der Waals surface area contributed by atoms with Crippen molar-refractivity contribution in [3.8, 4) is 0 Å². The van der Waals surface area contributed by atoms with Gasteiger partial charge in [-0.3, -0.25) is 9.59 Å². The van der Waals surface area contributed by atoms with Crippen molar-refractivity contribution < 1.29 is 9.59 Å². The van der Waals surface area contributed by atoms with Gasteiger partial charge in [-0.15, -0.1) is 11.3 Å². The van der Waals surface area contributed by atoms with Gasteiger partial charge in [-0.25, -0.2) is 4.98 Å². The fourth-order valence-corrected chi connectivity index (χ4v) is 2.15. The minimum absolute atomic E-state index is 0.0830. The first kappa shape index (κ1) is 12.4. The molecular formula is C13H12N2O2S. The normalized spacial score (nSPS) is 10.1. The standard InChI is InChI=1S/C13H12N2O2S/c1-8(16)10-5-3-4-6-11(10)15-13(17)12-7-18-9(2)14-12/h3-7H,1-2H3,(H,15,17). The van der Waals surface area contributed by atoms with Crippen LogP contribution in [0, 0.1) is 6.92 Å². The van der Waals surface area contributed by atoms with Crippen molar-refractivity contribution >= 4 is 28.7 Å². The summed E-state index contributed by atoms with van der Waals surface area (Å²) in [5.41, 5.74) is 1.38. The van der Waals surface area contributed by atoms with E-state index in [4.69, 9.17) is 0 Å². The molecule has 4 nitrogen and oxygen atoms in total. The highest BCUT2D eigenvalue weighted by Crippen LogP contribution is 2.17. The molecule has 18 heavy (non-hydrogen) atoms. The summed E-state index contributed by atoms with van der Waals surface area (Å²) in [5, 5.41) is 5.23. The predicted molar refractivity (Wildman–Crippen MR) is 71.3 cm³/mol. The Morgan fingerprint density at radius 1 is 1.28 bits per heavy atom. The van der Waals surface area contributed by atoms with E-state index >= 15 is 0 Å². The Hall–Kier alpha value is -2.01. The average Bonchev–Trinajstić information content (AvgIpc) is 2.76. The Morgan fingerprint density at radius 2 is 2.00 bits per heavy atom. The highest BCUT2D eigenvalue weighted by Gasteiger charge is 2.13. The molecule has 0 aliphatic heterocycles. The number of rotatable bonds is 3. The van der Waals surface area contributed by atoms with E-state index in [1.54, 1.807) is 29.6 Å². The van der Waals surface area contributed by atoms with Crippen molar-refractivity contribution in [2.24, 2.45) is 0 Å². The van der Waals surface area contributed by atoms with Gasteiger partial charge in [0, 0.05) is 10.9 Å². The number of nitrogens with zero attached hydrogens (tertiary/aromatic N) is 1. The number of Topliss-reactive ketones (excluding diaryl/α,β-unsaturated/α-hetero) is 1. The fraction of sp³-hybridized carbons (Fsp3) is 0.154. The number of amides is 1. The summed E-state index contributed by atoms with van der Waals surface area (Å²) < 4.78 is 0. The van der Waals surface area contributed by atoms with E-state index in [9.17, 15) is 9.59 Å². The average molecular weight is 260 g/mol. The highest BCUT2D eigenvalue weighted by atomic mass is 32.1. The topological polar surface area (TPSA) is 59.1 Å². The Morgan fingerprint density at radius 3 is 2.61 bits per heavy atom. The molecule has 2 rings (SSSR count). The summed E-state index contributed by atoms with van der Waals surface area (Å²) in [7, 11) is 0. The maximum atomic E-state index is 11.9. The van der Waals surface area contributed by atoms with Crippen molar-refractivity contribution in [2.75, 3.05) is 5.32 Å². The molecule has 5 heteroatoms. The van der Waals surface area contributed by atoms with Crippen LogP contribution in [-0.4, -0.2) is 16.7 Å². The number of aromatic nitrogens is 1. The van der Waals surface area contributed by atoms with Gasteiger partial charge in [0.1, 0.15) is 5.69 Å². The minimum atomic E-state index is -0.298. The van der Waals surface area contributed by atoms with Gasteiger partial charge in [-0.1, -0.05) is 12.1 Å². The second-order valence-electron chi connectivity index (χ2n) is 3.81. The van der Waals surface area contributed by atoms with E-state index in [-0.39, 0.29) is 11.7 Å². The van der Waals surface area contributed by atoms with Crippen LogP contribution in [0.25, 0.3) is 0 Å². The number of aryl methyl sites for hydroxylation is 1. The van der Waals surface area contributed by atoms with Crippen molar-refractivity contribution in [1.82, 2.24) is 4.98 Å². The first-order valence-electron chi connectivity index (χ1n) is 5.41. The van der Waals surface area contributed by atoms with Gasteiger partial charge in [-0.2, -0.15) is 0 Å². The van der Waals surface area contributed by atoms with E-state index < -0.39 is 0 Å². The molecule has 0 bridgehead atoms. The summed E-state index contributed by atoms with van der Waals surface area (Å²) in [5.74, 6) is -0.381. The zero-order valence-electron chi connectivity index (χ0n) is 10.1. The summed E-state index contributed by atoms with van der Waals surface area (Å²) in [6, 6.07) is 6.92. The number of para-hydroxylation sites is 1. The van der Waals surface area contributed by atoms with Crippen LogP contribution in [0.5, 0.6) is 0 Å². The zero-order valence-corrected chi connectivity index (χ0v) is 10.9. The molecule has 0 aliphatic rings. The second kappa shape index (κ2) is 5.10. The molecule has 0 aliphatic carbocycles. The molecule has 1 N–H and O–H groups in total. The maximum absolute atomic E-state index is 11.9. The first-order valence-corrected chi connectivity index (χ1v) is 6.29. The van der Waals surface area contributed by atoms with E-state index in [1.807, 2.05) is 6.92 Å². The Labute approximate surface area is 109 Å².